The molecule has 0 aromatic carbocycles. The third kappa shape index (κ3) is 2.34. The number of fused-ring (bicyclic) bond motifs is 1. The maximum absolute atomic E-state index is 10.6. The molecule has 1 heterocycles. The number of hydrogen-bond donors (Lipinski definition) is 1. The van der Waals surface area contributed by atoms with E-state index in [0.717, 1.165) is 37.1 Å². The number of piperidine rings is 1. The van der Waals surface area contributed by atoms with Gasteiger partial charge in [-0.05, 0) is 36.0 Å². The fourth-order valence-corrected chi connectivity index (χ4v) is 4.81. The molecule has 0 spiro atoms. The highest BCUT2D eigenvalue weighted by Gasteiger charge is 2.60. The van der Waals surface area contributed by atoms with Crippen molar-refractivity contribution < 1.29 is 5.11 Å². The summed E-state index contributed by atoms with van der Waals surface area (Å²) in [5.41, 5.74) is 0.134. The van der Waals surface area contributed by atoms with Gasteiger partial charge in [-0.2, -0.15) is 0 Å². The molecule has 0 amide bonds. The van der Waals surface area contributed by atoms with E-state index in [1.54, 1.807) is 0 Å². The first-order chi connectivity index (χ1) is 8.39. The van der Waals surface area contributed by atoms with Crippen LogP contribution in [0.4, 0.5) is 0 Å². The Hall–Kier alpha value is -0.0800. The van der Waals surface area contributed by atoms with Gasteiger partial charge in [-0.1, -0.05) is 40.0 Å². The van der Waals surface area contributed by atoms with Crippen LogP contribution >= 0.6 is 0 Å². The Kier molecular flexibility index (Phi) is 3.02. The van der Waals surface area contributed by atoms with Gasteiger partial charge in [-0.15, -0.1) is 0 Å². The summed E-state index contributed by atoms with van der Waals surface area (Å²) in [4.78, 5) is 2.54. The molecule has 2 saturated carbocycles. The van der Waals surface area contributed by atoms with E-state index in [1.165, 1.54) is 32.4 Å². The lowest BCUT2D eigenvalue weighted by Gasteiger charge is -2.36. The molecule has 2 atom stereocenters. The lowest BCUT2D eigenvalue weighted by atomic mass is 9.84. The molecule has 18 heavy (non-hydrogen) atoms. The highest BCUT2D eigenvalue weighted by molar-refractivity contribution is 5.09. The number of likely N-dealkylation sites (tertiary alicyclic amines) is 1. The monoisotopic (exact) mass is 251 g/mol. The third-order valence-corrected chi connectivity index (χ3v) is 5.57. The van der Waals surface area contributed by atoms with Crippen molar-refractivity contribution in [1.29, 1.82) is 0 Å². The van der Waals surface area contributed by atoms with E-state index in [4.69, 9.17) is 0 Å². The van der Waals surface area contributed by atoms with Gasteiger partial charge in [0.25, 0.3) is 0 Å². The van der Waals surface area contributed by atoms with E-state index >= 15 is 0 Å². The molecule has 1 saturated heterocycles. The zero-order valence-corrected chi connectivity index (χ0v) is 12.3. The SMILES string of the molecule is CC(C)(C)C1C2CN(CC3(O)CCCCC3)CC21. The van der Waals surface area contributed by atoms with Crippen LogP contribution in [0.15, 0.2) is 0 Å². The molecule has 2 aliphatic carbocycles. The van der Waals surface area contributed by atoms with Gasteiger partial charge < -0.3 is 5.11 Å². The Morgan fingerprint density at radius 1 is 1.06 bits per heavy atom. The van der Waals surface area contributed by atoms with Crippen LogP contribution in [0.25, 0.3) is 0 Å². The summed E-state index contributed by atoms with van der Waals surface area (Å²) in [6, 6.07) is 0. The summed E-state index contributed by atoms with van der Waals surface area (Å²) in [6.45, 7) is 10.6. The van der Waals surface area contributed by atoms with E-state index in [1.807, 2.05) is 0 Å². The average Bonchev–Trinajstić information content (AvgIpc) is 2.79. The Labute approximate surface area is 112 Å². The maximum Gasteiger partial charge on any atom is 0.0774 e. The summed E-state index contributed by atoms with van der Waals surface area (Å²) in [6.07, 6.45) is 5.83. The van der Waals surface area contributed by atoms with Crippen molar-refractivity contribution in [3.63, 3.8) is 0 Å². The topological polar surface area (TPSA) is 23.5 Å². The largest absolute Gasteiger partial charge is 0.389 e. The number of nitrogens with zero attached hydrogens (tertiary/aromatic N) is 1. The average molecular weight is 251 g/mol. The molecule has 0 bridgehead atoms. The van der Waals surface area contributed by atoms with Gasteiger partial charge in [0, 0.05) is 19.6 Å². The maximum atomic E-state index is 10.6. The van der Waals surface area contributed by atoms with Crippen molar-refractivity contribution >= 4 is 0 Å². The molecule has 0 radical (unpaired) electrons. The second kappa shape index (κ2) is 4.21. The number of hydrogen-bond acceptors (Lipinski definition) is 2. The first-order valence-electron chi connectivity index (χ1n) is 7.84. The van der Waals surface area contributed by atoms with E-state index in [9.17, 15) is 5.11 Å². The van der Waals surface area contributed by atoms with E-state index < -0.39 is 0 Å². The Bertz CT molecular complexity index is 302. The lowest BCUT2D eigenvalue weighted by molar-refractivity contribution is -0.0253. The Morgan fingerprint density at radius 2 is 1.61 bits per heavy atom. The molecular formula is C16H29NO. The highest BCUT2D eigenvalue weighted by atomic mass is 16.3. The van der Waals surface area contributed by atoms with Crippen LogP contribution < -0.4 is 0 Å². The van der Waals surface area contributed by atoms with E-state index in [0.29, 0.717) is 5.41 Å². The van der Waals surface area contributed by atoms with Crippen LogP contribution in [0.2, 0.25) is 0 Å². The zero-order chi connectivity index (χ0) is 13.0. The minimum Gasteiger partial charge on any atom is -0.389 e. The fourth-order valence-electron chi connectivity index (χ4n) is 4.81. The van der Waals surface area contributed by atoms with Crippen molar-refractivity contribution in [3.8, 4) is 0 Å². The molecule has 0 aromatic rings. The van der Waals surface area contributed by atoms with Crippen molar-refractivity contribution in [2.24, 2.45) is 23.2 Å². The predicted octanol–water partition coefficient (Wildman–Crippen LogP) is 2.91. The van der Waals surface area contributed by atoms with Gasteiger partial charge in [-0.25, -0.2) is 0 Å². The fraction of sp³-hybridized carbons (Fsp3) is 1.00. The first kappa shape index (κ1) is 12.9. The molecule has 3 aliphatic rings. The smallest absolute Gasteiger partial charge is 0.0774 e. The van der Waals surface area contributed by atoms with Gasteiger partial charge in [-0.3, -0.25) is 4.90 Å². The molecule has 1 N–H and O–H groups in total. The second-order valence-electron chi connectivity index (χ2n) is 8.20. The van der Waals surface area contributed by atoms with Gasteiger partial charge in [0.05, 0.1) is 5.60 Å². The molecule has 2 nitrogen and oxygen atoms in total. The molecule has 2 unspecified atom stereocenters. The minimum absolute atomic E-state index is 0.355. The number of β-amino-alcohol motifs (C(OH)–C–C–N with tert-alkyl or cyclic N) is 1. The molecule has 1 aliphatic heterocycles. The first-order valence-corrected chi connectivity index (χ1v) is 7.84. The van der Waals surface area contributed by atoms with Gasteiger partial charge in [0.15, 0.2) is 0 Å². The van der Waals surface area contributed by atoms with E-state index in [2.05, 4.69) is 25.7 Å². The standard InChI is InChI=1S/C16H29NO/c1-15(2,3)14-12-9-17(10-13(12)14)11-16(18)7-5-4-6-8-16/h12-14,18H,4-11H2,1-3H3. The second-order valence-corrected chi connectivity index (χ2v) is 8.20. The summed E-state index contributed by atoms with van der Waals surface area (Å²) < 4.78 is 0. The van der Waals surface area contributed by atoms with Crippen molar-refractivity contribution in [3.05, 3.63) is 0 Å². The minimum atomic E-state index is -0.355. The molecule has 104 valence electrons. The van der Waals surface area contributed by atoms with Crippen LogP contribution in [0.5, 0.6) is 0 Å². The Morgan fingerprint density at radius 3 is 2.11 bits per heavy atom. The summed E-state index contributed by atoms with van der Waals surface area (Å²) in [7, 11) is 0. The van der Waals surface area contributed by atoms with Crippen molar-refractivity contribution in [2.75, 3.05) is 19.6 Å². The quantitative estimate of drug-likeness (QED) is 0.815. The van der Waals surface area contributed by atoms with Crippen LogP contribution in [0, 0.1) is 23.2 Å². The molecule has 2 heteroatoms. The van der Waals surface area contributed by atoms with Crippen molar-refractivity contribution in [1.82, 2.24) is 4.90 Å². The molecule has 3 rings (SSSR count). The zero-order valence-electron chi connectivity index (χ0n) is 12.3. The summed E-state index contributed by atoms with van der Waals surface area (Å²) in [5.74, 6) is 2.80. The summed E-state index contributed by atoms with van der Waals surface area (Å²) in [5, 5.41) is 10.6. The normalized spacial score (nSPS) is 39.7. The van der Waals surface area contributed by atoms with Gasteiger partial charge in [0.1, 0.15) is 0 Å². The third-order valence-electron chi connectivity index (χ3n) is 5.57. The predicted molar refractivity (Wildman–Crippen MR) is 74.4 cm³/mol. The molecule has 0 aromatic heterocycles. The number of rotatable bonds is 2. The lowest BCUT2D eigenvalue weighted by Crippen LogP contribution is -2.44. The summed E-state index contributed by atoms with van der Waals surface area (Å²) >= 11 is 0. The van der Waals surface area contributed by atoms with Gasteiger partial charge >= 0.3 is 0 Å². The molecular weight excluding hydrogens is 222 g/mol. The van der Waals surface area contributed by atoms with Crippen LogP contribution in [0.1, 0.15) is 52.9 Å². The van der Waals surface area contributed by atoms with Crippen LogP contribution in [0.3, 0.4) is 0 Å². The molecule has 3 fully saturated rings. The highest BCUT2D eigenvalue weighted by Crippen LogP contribution is 2.59. The van der Waals surface area contributed by atoms with Gasteiger partial charge in [0.2, 0.25) is 0 Å². The van der Waals surface area contributed by atoms with E-state index in [-0.39, 0.29) is 5.60 Å². The number of aliphatic hydroxyl groups is 1. The Balaban J connectivity index is 1.51. The van der Waals surface area contributed by atoms with Crippen LogP contribution in [-0.4, -0.2) is 35.2 Å². The van der Waals surface area contributed by atoms with Crippen molar-refractivity contribution in [2.45, 2.75) is 58.5 Å². The van der Waals surface area contributed by atoms with Crippen LogP contribution in [-0.2, 0) is 0 Å².